The molecule has 2 aliphatic rings. The predicted molar refractivity (Wildman–Crippen MR) is 73.2 cm³/mol. The van der Waals surface area contributed by atoms with E-state index in [1.54, 1.807) is 0 Å². The third-order valence-electron chi connectivity index (χ3n) is 4.13. The van der Waals surface area contributed by atoms with Crippen molar-refractivity contribution in [3.63, 3.8) is 0 Å². The summed E-state index contributed by atoms with van der Waals surface area (Å²) in [5, 5.41) is 4.89. The van der Waals surface area contributed by atoms with Crippen LogP contribution in [0.15, 0.2) is 4.99 Å². The van der Waals surface area contributed by atoms with Crippen molar-refractivity contribution in [2.45, 2.75) is 70.4 Å². The van der Waals surface area contributed by atoms with E-state index in [0.29, 0.717) is 5.54 Å². The van der Waals surface area contributed by atoms with Gasteiger partial charge in [0.25, 0.3) is 0 Å². The van der Waals surface area contributed by atoms with Crippen LogP contribution >= 0.6 is 11.8 Å². The zero-order chi connectivity index (χ0) is 11.6. The van der Waals surface area contributed by atoms with Crippen molar-refractivity contribution >= 4 is 16.9 Å². The highest BCUT2D eigenvalue weighted by Crippen LogP contribution is 2.33. The molecule has 1 fully saturated rings. The van der Waals surface area contributed by atoms with Crippen molar-refractivity contribution in [1.29, 1.82) is 0 Å². The van der Waals surface area contributed by atoms with Crippen LogP contribution in [-0.2, 0) is 0 Å². The summed E-state index contributed by atoms with van der Waals surface area (Å²) < 4.78 is 0. The van der Waals surface area contributed by atoms with E-state index in [-0.39, 0.29) is 5.54 Å². The number of rotatable bonds is 2. The molecule has 0 aromatic heterocycles. The lowest BCUT2D eigenvalue weighted by Gasteiger charge is -2.33. The third kappa shape index (κ3) is 2.73. The summed E-state index contributed by atoms with van der Waals surface area (Å²) in [5.74, 6) is 1.21. The molecule has 16 heavy (non-hydrogen) atoms. The van der Waals surface area contributed by atoms with E-state index in [9.17, 15) is 0 Å². The van der Waals surface area contributed by atoms with Crippen LogP contribution in [0, 0.1) is 0 Å². The van der Waals surface area contributed by atoms with Crippen molar-refractivity contribution in [3.8, 4) is 0 Å². The molecule has 1 saturated carbocycles. The average Bonchev–Trinajstić information content (AvgIpc) is 2.65. The molecule has 0 radical (unpaired) electrons. The first-order valence-corrected chi connectivity index (χ1v) is 7.55. The van der Waals surface area contributed by atoms with Crippen LogP contribution in [-0.4, -0.2) is 22.0 Å². The molecular formula is C13H24N2S. The number of nitrogens with zero attached hydrogens (tertiary/aromatic N) is 1. The molecule has 1 aliphatic carbocycles. The average molecular weight is 240 g/mol. The van der Waals surface area contributed by atoms with Gasteiger partial charge in [0, 0.05) is 11.3 Å². The Balaban J connectivity index is 2.04. The van der Waals surface area contributed by atoms with Gasteiger partial charge in [-0.05, 0) is 39.5 Å². The van der Waals surface area contributed by atoms with Crippen LogP contribution in [0.5, 0.6) is 0 Å². The van der Waals surface area contributed by atoms with Crippen molar-refractivity contribution in [2.75, 3.05) is 5.75 Å². The first kappa shape index (κ1) is 12.3. The molecule has 1 aliphatic heterocycles. The Morgan fingerprint density at radius 2 is 1.94 bits per heavy atom. The quantitative estimate of drug-likeness (QED) is 0.798. The highest BCUT2D eigenvalue weighted by molar-refractivity contribution is 8.13. The lowest BCUT2D eigenvalue weighted by atomic mass is 9.96. The Morgan fingerprint density at radius 3 is 2.56 bits per heavy atom. The highest BCUT2D eigenvalue weighted by atomic mass is 32.2. The predicted octanol–water partition coefficient (Wildman–Crippen LogP) is 3.57. The molecule has 92 valence electrons. The van der Waals surface area contributed by atoms with Gasteiger partial charge in [-0.15, -0.1) is 0 Å². The molecule has 0 aromatic carbocycles. The SMILES string of the molecule is CCC1(C)CCSC(NC2(C)CCCC2)=N1. The zero-order valence-electron chi connectivity index (χ0n) is 10.8. The minimum atomic E-state index is 0.183. The summed E-state index contributed by atoms with van der Waals surface area (Å²) in [4.78, 5) is 4.91. The number of hydrogen-bond donors (Lipinski definition) is 1. The molecule has 2 nitrogen and oxygen atoms in total. The lowest BCUT2D eigenvalue weighted by molar-refractivity contribution is 0.414. The molecular weight excluding hydrogens is 216 g/mol. The molecule has 1 N–H and O–H groups in total. The number of amidine groups is 1. The molecule has 0 spiro atoms. The number of aliphatic imine (C=N–C) groups is 1. The lowest BCUT2D eigenvalue weighted by Crippen LogP contribution is -2.45. The van der Waals surface area contributed by atoms with E-state index in [2.05, 4.69) is 26.1 Å². The molecule has 2 rings (SSSR count). The summed E-state index contributed by atoms with van der Waals surface area (Å²) in [7, 11) is 0. The Kier molecular flexibility index (Phi) is 3.53. The number of thioether (sulfide) groups is 1. The summed E-state index contributed by atoms with van der Waals surface area (Å²) in [5.41, 5.74) is 0.500. The summed E-state index contributed by atoms with van der Waals surface area (Å²) >= 11 is 1.91. The molecule has 1 heterocycles. The summed E-state index contributed by atoms with van der Waals surface area (Å²) in [6, 6.07) is 0. The first-order chi connectivity index (χ1) is 7.55. The van der Waals surface area contributed by atoms with Gasteiger partial charge in [0.2, 0.25) is 0 Å². The Morgan fingerprint density at radius 1 is 1.25 bits per heavy atom. The number of hydrogen-bond acceptors (Lipinski definition) is 3. The molecule has 0 aromatic rings. The van der Waals surface area contributed by atoms with Gasteiger partial charge in [-0.2, -0.15) is 0 Å². The minimum Gasteiger partial charge on any atom is -0.360 e. The molecule has 1 atom stereocenters. The van der Waals surface area contributed by atoms with E-state index in [1.165, 1.54) is 43.0 Å². The topological polar surface area (TPSA) is 24.4 Å². The first-order valence-electron chi connectivity index (χ1n) is 6.56. The highest BCUT2D eigenvalue weighted by Gasteiger charge is 2.32. The van der Waals surface area contributed by atoms with Crippen LogP contribution in [0.1, 0.15) is 59.3 Å². The Labute approximate surface area is 104 Å². The van der Waals surface area contributed by atoms with Crippen LogP contribution in [0.3, 0.4) is 0 Å². The molecule has 0 amide bonds. The Hall–Kier alpha value is -0.180. The van der Waals surface area contributed by atoms with Crippen molar-refractivity contribution < 1.29 is 0 Å². The maximum Gasteiger partial charge on any atom is 0.157 e. The maximum absolute atomic E-state index is 4.91. The number of nitrogens with one attached hydrogen (secondary N) is 1. The van der Waals surface area contributed by atoms with Gasteiger partial charge in [-0.25, -0.2) is 0 Å². The minimum absolute atomic E-state index is 0.183. The second-order valence-electron chi connectivity index (χ2n) is 5.76. The van der Waals surface area contributed by atoms with Gasteiger partial charge in [0.05, 0.1) is 5.54 Å². The molecule has 0 saturated heterocycles. The van der Waals surface area contributed by atoms with Crippen LogP contribution in [0.4, 0.5) is 0 Å². The fraction of sp³-hybridized carbons (Fsp3) is 0.923. The van der Waals surface area contributed by atoms with E-state index in [4.69, 9.17) is 4.99 Å². The van der Waals surface area contributed by atoms with Gasteiger partial charge in [0.1, 0.15) is 0 Å². The van der Waals surface area contributed by atoms with E-state index >= 15 is 0 Å². The van der Waals surface area contributed by atoms with Crippen LogP contribution in [0.25, 0.3) is 0 Å². The van der Waals surface area contributed by atoms with Crippen molar-refractivity contribution in [1.82, 2.24) is 5.32 Å². The molecule has 1 unspecified atom stereocenters. The van der Waals surface area contributed by atoms with E-state index in [1.807, 2.05) is 11.8 Å². The summed E-state index contributed by atoms with van der Waals surface area (Å²) in [6.45, 7) is 6.88. The van der Waals surface area contributed by atoms with Crippen molar-refractivity contribution in [3.05, 3.63) is 0 Å². The van der Waals surface area contributed by atoms with Gasteiger partial charge in [-0.3, -0.25) is 4.99 Å². The van der Waals surface area contributed by atoms with E-state index < -0.39 is 0 Å². The molecule has 0 bridgehead atoms. The standard InChI is InChI=1S/C13H24N2S/c1-4-12(2)9-10-16-11(14-12)15-13(3)7-5-6-8-13/h4-10H2,1-3H3,(H,14,15). The normalized spacial score (nSPS) is 33.6. The summed E-state index contributed by atoms with van der Waals surface area (Å²) in [6.07, 6.45) is 7.70. The van der Waals surface area contributed by atoms with Gasteiger partial charge in [-0.1, -0.05) is 31.5 Å². The van der Waals surface area contributed by atoms with Gasteiger partial charge in [0.15, 0.2) is 5.17 Å². The largest absolute Gasteiger partial charge is 0.360 e. The van der Waals surface area contributed by atoms with Gasteiger partial charge >= 0.3 is 0 Å². The van der Waals surface area contributed by atoms with Crippen LogP contribution in [0.2, 0.25) is 0 Å². The van der Waals surface area contributed by atoms with Crippen molar-refractivity contribution in [2.24, 2.45) is 4.99 Å². The van der Waals surface area contributed by atoms with Crippen LogP contribution < -0.4 is 5.32 Å². The maximum atomic E-state index is 4.91. The van der Waals surface area contributed by atoms with Gasteiger partial charge < -0.3 is 5.32 Å². The fourth-order valence-electron chi connectivity index (χ4n) is 2.56. The van der Waals surface area contributed by atoms with E-state index in [0.717, 1.165) is 6.42 Å². The smallest absolute Gasteiger partial charge is 0.157 e. The zero-order valence-corrected chi connectivity index (χ0v) is 11.6. The molecule has 3 heteroatoms. The second kappa shape index (κ2) is 4.59. The Bertz CT molecular complexity index is 282. The fourth-order valence-corrected chi connectivity index (χ4v) is 3.90. The monoisotopic (exact) mass is 240 g/mol. The third-order valence-corrected chi connectivity index (χ3v) is 5.00. The second-order valence-corrected chi connectivity index (χ2v) is 6.84.